The Kier molecular flexibility index (Phi) is 5.31. The van der Waals surface area contributed by atoms with Crippen molar-refractivity contribution in [1.29, 1.82) is 0 Å². The van der Waals surface area contributed by atoms with Crippen molar-refractivity contribution in [2.75, 3.05) is 18.0 Å². The third kappa shape index (κ3) is 3.60. The van der Waals surface area contributed by atoms with E-state index in [1.54, 1.807) is 0 Å². The van der Waals surface area contributed by atoms with E-state index < -0.39 is 5.54 Å². The zero-order valence-electron chi connectivity index (χ0n) is 16.2. The van der Waals surface area contributed by atoms with E-state index in [0.29, 0.717) is 24.5 Å². The molecule has 3 aromatic carbocycles. The molecule has 0 spiro atoms. The van der Waals surface area contributed by atoms with Crippen LogP contribution in [0.3, 0.4) is 0 Å². The molecule has 0 atom stereocenters. The molecule has 1 heterocycles. The number of nitrogen functional groups attached to an aromatic ring is 2. The largest absolute Gasteiger partial charge is 0.394 e. The first-order chi connectivity index (χ1) is 14.2. The summed E-state index contributed by atoms with van der Waals surface area (Å²) in [6.45, 7) is 0.674. The van der Waals surface area contributed by atoms with Gasteiger partial charge >= 0.3 is 0 Å². The number of rotatable bonds is 7. The maximum Gasteiger partial charge on any atom is 0.142 e. The standard InChI is InChI=1S/C24H25N5/c25-22-21(28-29-23(22)26)16-17-27-24(18-10-4-1-5-11-18,19-12-6-2-7-13-19)20-14-8-3-9-15-20/h1-15,27H,16-17,25H2,(H3,26,28,29). The smallest absolute Gasteiger partial charge is 0.142 e. The van der Waals surface area contributed by atoms with Crippen molar-refractivity contribution in [2.45, 2.75) is 12.0 Å². The fourth-order valence-corrected chi connectivity index (χ4v) is 3.83. The van der Waals surface area contributed by atoms with E-state index in [9.17, 15) is 0 Å². The molecular weight excluding hydrogens is 358 g/mol. The number of aromatic nitrogens is 2. The van der Waals surface area contributed by atoms with Crippen LogP contribution in [0, 0.1) is 0 Å². The van der Waals surface area contributed by atoms with Crippen LogP contribution in [-0.2, 0) is 12.0 Å². The minimum atomic E-state index is -0.500. The Bertz CT molecular complexity index is 946. The van der Waals surface area contributed by atoms with E-state index >= 15 is 0 Å². The fourth-order valence-electron chi connectivity index (χ4n) is 3.83. The highest BCUT2D eigenvalue weighted by atomic mass is 15.2. The molecule has 0 aliphatic carbocycles. The van der Waals surface area contributed by atoms with Crippen LogP contribution in [0.4, 0.5) is 11.5 Å². The summed E-state index contributed by atoms with van der Waals surface area (Å²) >= 11 is 0. The molecule has 5 nitrogen and oxygen atoms in total. The van der Waals surface area contributed by atoms with E-state index in [1.165, 1.54) is 16.7 Å². The summed E-state index contributed by atoms with van der Waals surface area (Å²) < 4.78 is 0. The average Bonchev–Trinajstić information content (AvgIpc) is 3.11. The van der Waals surface area contributed by atoms with Crippen LogP contribution >= 0.6 is 0 Å². The average molecular weight is 383 g/mol. The normalized spacial score (nSPS) is 11.4. The number of H-pyrrole nitrogens is 1. The lowest BCUT2D eigenvalue weighted by Crippen LogP contribution is -2.45. The van der Waals surface area contributed by atoms with Crippen molar-refractivity contribution < 1.29 is 0 Å². The Labute approximate surface area is 170 Å². The minimum Gasteiger partial charge on any atom is -0.394 e. The summed E-state index contributed by atoms with van der Waals surface area (Å²) in [6.07, 6.45) is 0.661. The Balaban J connectivity index is 1.78. The van der Waals surface area contributed by atoms with Gasteiger partial charge in [-0.2, -0.15) is 5.10 Å². The van der Waals surface area contributed by atoms with Crippen molar-refractivity contribution in [3.63, 3.8) is 0 Å². The summed E-state index contributed by atoms with van der Waals surface area (Å²) in [5.74, 6) is 0.417. The Morgan fingerprint density at radius 3 is 1.55 bits per heavy atom. The van der Waals surface area contributed by atoms with Gasteiger partial charge in [0.1, 0.15) is 5.82 Å². The van der Waals surface area contributed by atoms with Gasteiger partial charge in [0.2, 0.25) is 0 Å². The third-order valence-electron chi connectivity index (χ3n) is 5.28. The fraction of sp³-hybridized carbons (Fsp3) is 0.125. The number of hydrogen-bond acceptors (Lipinski definition) is 4. The molecule has 0 unspecified atom stereocenters. The van der Waals surface area contributed by atoms with E-state index in [-0.39, 0.29) is 0 Å². The Morgan fingerprint density at radius 2 is 1.17 bits per heavy atom. The van der Waals surface area contributed by atoms with Crippen molar-refractivity contribution >= 4 is 11.5 Å². The minimum absolute atomic E-state index is 0.417. The number of nitrogens with zero attached hydrogens (tertiary/aromatic N) is 1. The predicted octanol–water partition coefficient (Wildman–Crippen LogP) is 3.70. The van der Waals surface area contributed by atoms with E-state index in [4.69, 9.17) is 11.5 Å². The zero-order valence-corrected chi connectivity index (χ0v) is 16.2. The van der Waals surface area contributed by atoms with Gasteiger partial charge in [0.05, 0.1) is 16.9 Å². The van der Waals surface area contributed by atoms with Gasteiger partial charge < -0.3 is 11.5 Å². The second-order valence-corrected chi connectivity index (χ2v) is 7.02. The molecule has 0 radical (unpaired) electrons. The molecule has 0 bridgehead atoms. The van der Waals surface area contributed by atoms with Gasteiger partial charge in [0, 0.05) is 13.0 Å². The number of anilines is 2. The second-order valence-electron chi connectivity index (χ2n) is 7.02. The molecule has 0 saturated heterocycles. The van der Waals surface area contributed by atoms with Gasteiger partial charge in [-0.3, -0.25) is 10.4 Å². The Hall–Kier alpha value is -3.57. The summed E-state index contributed by atoms with van der Waals surface area (Å²) in [6, 6.07) is 31.5. The van der Waals surface area contributed by atoms with Crippen LogP contribution in [0.25, 0.3) is 0 Å². The maximum absolute atomic E-state index is 6.04. The van der Waals surface area contributed by atoms with Crippen molar-refractivity contribution in [3.8, 4) is 0 Å². The molecule has 6 N–H and O–H groups in total. The monoisotopic (exact) mass is 383 g/mol. The van der Waals surface area contributed by atoms with Crippen molar-refractivity contribution in [1.82, 2.24) is 15.5 Å². The highest BCUT2D eigenvalue weighted by Crippen LogP contribution is 2.36. The number of hydrogen-bond donors (Lipinski definition) is 4. The highest BCUT2D eigenvalue weighted by Gasteiger charge is 2.35. The molecule has 0 aliphatic heterocycles. The van der Waals surface area contributed by atoms with Crippen LogP contribution in [0.1, 0.15) is 22.4 Å². The highest BCUT2D eigenvalue weighted by molar-refractivity contribution is 5.61. The molecule has 0 saturated carbocycles. The summed E-state index contributed by atoms with van der Waals surface area (Å²) in [5.41, 5.74) is 16.2. The molecule has 29 heavy (non-hydrogen) atoms. The van der Waals surface area contributed by atoms with Crippen LogP contribution in [0.15, 0.2) is 91.0 Å². The van der Waals surface area contributed by atoms with Gasteiger partial charge in [-0.1, -0.05) is 91.0 Å². The van der Waals surface area contributed by atoms with Gasteiger partial charge in [-0.15, -0.1) is 0 Å². The lowest BCUT2D eigenvalue weighted by molar-refractivity contribution is 0.474. The second kappa shape index (κ2) is 8.20. The molecule has 0 aliphatic rings. The summed E-state index contributed by atoms with van der Waals surface area (Å²) in [4.78, 5) is 0. The zero-order chi connectivity index (χ0) is 20.1. The van der Waals surface area contributed by atoms with Gasteiger partial charge in [-0.25, -0.2) is 0 Å². The molecule has 0 amide bonds. The lowest BCUT2D eigenvalue weighted by Gasteiger charge is -2.37. The molecule has 0 fully saturated rings. The van der Waals surface area contributed by atoms with Gasteiger partial charge in [0.15, 0.2) is 0 Å². The van der Waals surface area contributed by atoms with E-state index in [1.807, 2.05) is 18.2 Å². The predicted molar refractivity (Wildman–Crippen MR) is 118 cm³/mol. The van der Waals surface area contributed by atoms with Crippen LogP contribution in [0.2, 0.25) is 0 Å². The molecule has 4 rings (SSSR count). The SMILES string of the molecule is Nc1[nH]nc(CCNC(c2ccccc2)(c2ccccc2)c2ccccc2)c1N. The van der Waals surface area contributed by atoms with Crippen LogP contribution < -0.4 is 16.8 Å². The third-order valence-corrected chi connectivity index (χ3v) is 5.28. The lowest BCUT2D eigenvalue weighted by atomic mass is 9.77. The summed E-state index contributed by atoms with van der Waals surface area (Å²) in [5, 5.41) is 10.8. The molecule has 1 aromatic heterocycles. The van der Waals surface area contributed by atoms with Gasteiger partial charge in [-0.05, 0) is 16.7 Å². The molecule has 4 aromatic rings. The van der Waals surface area contributed by atoms with Crippen LogP contribution in [-0.4, -0.2) is 16.7 Å². The first kappa shape index (κ1) is 18.8. The van der Waals surface area contributed by atoms with E-state index in [2.05, 4.69) is 88.3 Å². The first-order valence-corrected chi connectivity index (χ1v) is 9.71. The Morgan fingerprint density at radius 1 is 0.724 bits per heavy atom. The molecule has 5 heteroatoms. The first-order valence-electron chi connectivity index (χ1n) is 9.71. The van der Waals surface area contributed by atoms with E-state index in [0.717, 1.165) is 5.69 Å². The van der Waals surface area contributed by atoms with Gasteiger partial charge in [0.25, 0.3) is 0 Å². The van der Waals surface area contributed by atoms with Crippen LogP contribution in [0.5, 0.6) is 0 Å². The van der Waals surface area contributed by atoms with Crippen molar-refractivity contribution in [3.05, 3.63) is 113 Å². The topological polar surface area (TPSA) is 92.8 Å². The summed E-state index contributed by atoms with van der Waals surface area (Å²) in [7, 11) is 0. The molecular formula is C24H25N5. The number of nitrogens with one attached hydrogen (secondary N) is 2. The number of aromatic amines is 1. The van der Waals surface area contributed by atoms with Crippen molar-refractivity contribution in [2.24, 2.45) is 0 Å². The number of benzene rings is 3. The quantitative estimate of drug-likeness (QED) is 0.366. The number of nitrogens with two attached hydrogens (primary N) is 2. The molecule has 146 valence electrons. The maximum atomic E-state index is 6.04.